The average molecular weight is 351 g/mol. The van der Waals surface area contributed by atoms with E-state index in [9.17, 15) is 0 Å². The van der Waals surface area contributed by atoms with Crippen molar-refractivity contribution in [2.45, 2.75) is 53.4 Å². The van der Waals surface area contributed by atoms with Crippen LogP contribution in [0.25, 0.3) is 0 Å². The van der Waals surface area contributed by atoms with Crippen molar-refractivity contribution in [3.05, 3.63) is 0 Å². The molecule has 0 rings (SSSR count). The number of ether oxygens (including phenoxy) is 3. The van der Waals surface area contributed by atoms with Gasteiger partial charge in [0.2, 0.25) is 0 Å². The summed E-state index contributed by atoms with van der Waals surface area (Å²) in [5, 5.41) is 1.80. The molecule has 0 aliphatic carbocycles. The minimum Gasteiger partial charge on any atom is -0.486 e. The van der Waals surface area contributed by atoms with Gasteiger partial charge in [-0.15, -0.1) is 0 Å². The summed E-state index contributed by atoms with van der Waals surface area (Å²) in [6.45, 7) is 9.36. The van der Waals surface area contributed by atoms with Crippen molar-refractivity contribution in [1.29, 1.82) is 0 Å². The van der Waals surface area contributed by atoms with Gasteiger partial charge >= 0.3 is 0 Å². The maximum Gasteiger partial charge on any atom is 0.159 e. The molecule has 0 bridgehead atoms. The molecule has 0 radical (unpaired) electrons. The van der Waals surface area contributed by atoms with Crippen LogP contribution in [0.3, 0.4) is 0 Å². The Bertz CT molecular complexity index is 306. The average Bonchev–Trinajstić information content (AvgIpc) is 2.53. The quantitative estimate of drug-likeness (QED) is 0.533. The third-order valence-corrected chi connectivity index (χ3v) is 4.45. The van der Waals surface area contributed by atoms with Gasteiger partial charge in [-0.25, -0.2) is 0 Å². The van der Waals surface area contributed by atoms with Crippen LogP contribution < -0.4 is 0 Å². The Hall–Kier alpha value is -0.330. The Morgan fingerprint density at radius 2 is 0.952 bits per heavy atom. The van der Waals surface area contributed by atoms with Crippen LogP contribution >= 0.6 is 36.7 Å². The Morgan fingerprint density at radius 3 is 1.14 bits per heavy atom. The highest BCUT2D eigenvalue weighted by molar-refractivity contribution is 7.80. The molecule has 0 N–H and O–H groups in total. The van der Waals surface area contributed by atoms with Gasteiger partial charge in [0, 0.05) is 19.3 Å². The van der Waals surface area contributed by atoms with E-state index in [1.807, 2.05) is 20.8 Å². The highest BCUT2D eigenvalue weighted by Crippen LogP contribution is 2.25. The molecule has 0 fully saturated rings. The fourth-order valence-electron chi connectivity index (χ4n) is 1.44. The lowest BCUT2D eigenvalue weighted by Crippen LogP contribution is -2.38. The lowest BCUT2D eigenvalue weighted by Gasteiger charge is -2.32. The van der Waals surface area contributed by atoms with Gasteiger partial charge in [-0.3, -0.25) is 0 Å². The third-order valence-electron chi connectivity index (χ3n) is 3.23. The Balaban J connectivity index is 4.76. The van der Waals surface area contributed by atoms with Gasteiger partial charge in [-0.05, 0) is 43.1 Å². The van der Waals surface area contributed by atoms with Crippen LogP contribution in [0.5, 0.6) is 0 Å². The molecule has 0 saturated carbocycles. The predicted octanol–water partition coefficient (Wildman–Crippen LogP) is 4.64. The largest absolute Gasteiger partial charge is 0.486 e. The Morgan fingerprint density at radius 1 is 0.667 bits per heavy atom. The van der Waals surface area contributed by atoms with Crippen LogP contribution in [-0.4, -0.2) is 35.0 Å². The Kier molecular flexibility index (Phi) is 11.1. The summed E-state index contributed by atoms with van der Waals surface area (Å²) >= 11 is 15.4. The highest BCUT2D eigenvalue weighted by atomic mass is 32.1. The fraction of sp³-hybridized carbons (Fsp3) is 0.800. The van der Waals surface area contributed by atoms with E-state index in [2.05, 4.69) is 6.92 Å². The van der Waals surface area contributed by atoms with Crippen molar-refractivity contribution in [2.24, 2.45) is 5.41 Å². The van der Waals surface area contributed by atoms with E-state index in [1.165, 1.54) is 0 Å². The van der Waals surface area contributed by atoms with Crippen molar-refractivity contribution in [1.82, 2.24) is 0 Å². The second kappa shape index (κ2) is 11.3. The monoisotopic (exact) mass is 350 g/mol. The summed E-state index contributed by atoms with van der Waals surface area (Å²) in [5.74, 6) is 0. The van der Waals surface area contributed by atoms with Gasteiger partial charge in [0.25, 0.3) is 0 Å². The second-order valence-corrected chi connectivity index (χ2v) is 6.26. The molecular weight excluding hydrogens is 324 g/mol. The summed E-state index contributed by atoms with van der Waals surface area (Å²) < 4.78 is 17.0. The van der Waals surface area contributed by atoms with Crippen LogP contribution in [0.4, 0.5) is 0 Å². The second-order valence-electron chi connectivity index (χ2n) is 4.90. The fourth-order valence-corrected chi connectivity index (χ4v) is 1.61. The highest BCUT2D eigenvalue weighted by Gasteiger charge is 2.32. The molecule has 122 valence electrons. The Labute approximate surface area is 144 Å². The first-order valence-electron chi connectivity index (χ1n) is 7.39. The smallest absolute Gasteiger partial charge is 0.159 e. The zero-order chi connectivity index (χ0) is 16.3. The van der Waals surface area contributed by atoms with Crippen LogP contribution in [0.15, 0.2) is 0 Å². The molecule has 0 atom stereocenters. The molecule has 0 saturated heterocycles. The first-order valence-corrected chi connectivity index (χ1v) is 8.62. The van der Waals surface area contributed by atoms with E-state index in [4.69, 9.17) is 50.9 Å². The summed E-state index contributed by atoms with van der Waals surface area (Å²) in [6, 6.07) is 0. The molecule has 0 aliphatic rings. The summed E-state index contributed by atoms with van der Waals surface area (Å²) in [4.78, 5) is 0. The molecule has 0 heterocycles. The molecule has 0 aromatic heterocycles. The zero-order valence-electron chi connectivity index (χ0n) is 13.4. The third kappa shape index (κ3) is 8.63. The van der Waals surface area contributed by atoms with E-state index < -0.39 is 0 Å². The summed E-state index contributed by atoms with van der Waals surface area (Å²) in [6.07, 6.45) is 2.99. The molecule has 3 nitrogen and oxygen atoms in total. The van der Waals surface area contributed by atoms with Crippen LogP contribution in [0.2, 0.25) is 0 Å². The molecule has 0 unspecified atom stereocenters. The van der Waals surface area contributed by atoms with Crippen molar-refractivity contribution in [3.8, 4) is 0 Å². The number of hydrogen-bond acceptors (Lipinski definition) is 6. The van der Waals surface area contributed by atoms with Crippen molar-refractivity contribution in [3.63, 3.8) is 0 Å². The van der Waals surface area contributed by atoms with Gasteiger partial charge in [0.05, 0.1) is 5.41 Å². The lowest BCUT2D eigenvalue weighted by molar-refractivity contribution is 0.0182. The minimum atomic E-state index is -0.294. The molecule has 0 aromatic rings. The van der Waals surface area contributed by atoms with E-state index in [1.54, 1.807) is 0 Å². The number of hydrogen-bond donors (Lipinski definition) is 0. The number of thiocarbonyl (C=S) groups is 3. The SMILES string of the molecule is CCC(=S)OCC(CC)(COC(=S)CC)COC(=S)CC. The lowest BCUT2D eigenvalue weighted by atomic mass is 9.88. The standard InChI is InChI=1S/C15H26O3S3/c1-5-12(19)16-9-15(8-4,10-17-13(20)6-2)11-18-14(21)7-3/h5-11H2,1-4H3. The maximum atomic E-state index is 5.66. The zero-order valence-corrected chi connectivity index (χ0v) is 15.8. The normalized spacial score (nSPS) is 10.9. The maximum absolute atomic E-state index is 5.66. The van der Waals surface area contributed by atoms with Crippen molar-refractivity contribution < 1.29 is 14.2 Å². The molecule has 0 aromatic carbocycles. The molecule has 0 spiro atoms. The molecule has 21 heavy (non-hydrogen) atoms. The van der Waals surface area contributed by atoms with Crippen LogP contribution in [0.1, 0.15) is 53.4 Å². The van der Waals surface area contributed by atoms with Crippen molar-refractivity contribution in [2.75, 3.05) is 19.8 Å². The first kappa shape index (κ1) is 20.7. The van der Waals surface area contributed by atoms with E-state index in [0.29, 0.717) is 35.0 Å². The van der Waals surface area contributed by atoms with Gasteiger partial charge in [0.1, 0.15) is 19.8 Å². The van der Waals surface area contributed by atoms with Crippen molar-refractivity contribution >= 4 is 51.8 Å². The minimum absolute atomic E-state index is 0.294. The number of rotatable bonds is 10. The topological polar surface area (TPSA) is 27.7 Å². The first-order chi connectivity index (χ1) is 9.92. The van der Waals surface area contributed by atoms with Crippen LogP contribution in [0, 0.1) is 5.41 Å². The van der Waals surface area contributed by atoms with E-state index in [-0.39, 0.29) is 5.41 Å². The summed E-state index contributed by atoms with van der Waals surface area (Å²) in [7, 11) is 0. The molecule has 6 heteroatoms. The van der Waals surface area contributed by atoms with Gasteiger partial charge in [-0.2, -0.15) is 0 Å². The van der Waals surface area contributed by atoms with E-state index >= 15 is 0 Å². The van der Waals surface area contributed by atoms with Crippen LogP contribution in [-0.2, 0) is 14.2 Å². The summed E-state index contributed by atoms with van der Waals surface area (Å²) in [5.41, 5.74) is -0.294. The molecule has 0 aliphatic heterocycles. The molecular formula is C15H26O3S3. The van der Waals surface area contributed by atoms with Gasteiger partial charge < -0.3 is 14.2 Å². The predicted molar refractivity (Wildman–Crippen MR) is 99.2 cm³/mol. The van der Waals surface area contributed by atoms with E-state index in [0.717, 1.165) is 25.7 Å². The van der Waals surface area contributed by atoms with Gasteiger partial charge in [-0.1, -0.05) is 27.7 Å². The molecule has 0 amide bonds. The van der Waals surface area contributed by atoms with Gasteiger partial charge in [0.15, 0.2) is 15.2 Å².